The van der Waals surface area contributed by atoms with Crippen molar-refractivity contribution >= 4 is 11.9 Å². The summed E-state index contributed by atoms with van der Waals surface area (Å²) in [4.78, 5) is 25.8. The van der Waals surface area contributed by atoms with Crippen LogP contribution in [-0.4, -0.2) is 142 Å². The Morgan fingerprint density at radius 1 is 0.485 bits per heavy atom. The molecule has 2 aliphatic rings. The minimum atomic E-state index is -1.77. The van der Waals surface area contributed by atoms with Gasteiger partial charge in [0.25, 0.3) is 0 Å². The van der Waals surface area contributed by atoms with Crippen LogP contribution in [-0.2, 0) is 38.0 Å². The molecule has 0 aromatic heterocycles. The number of carbonyl (C=O) groups is 2. The van der Waals surface area contributed by atoms with Gasteiger partial charge in [-0.1, -0.05) is 146 Å². The van der Waals surface area contributed by atoms with Gasteiger partial charge in [0.15, 0.2) is 18.7 Å². The minimum absolute atomic E-state index is 0.144. The van der Waals surface area contributed by atoms with E-state index in [9.17, 15) is 45.3 Å². The van der Waals surface area contributed by atoms with Crippen molar-refractivity contribution in [3.8, 4) is 0 Å². The molecule has 0 spiro atoms. The van der Waals surface area contributed by atoms with Crippen LogP contribution in [0.25, 0.3) is 0 Å². The summed E-state index contributed by atoms with van der Waals surface area (Å²) in [5, 5.41) is 72.1. The van der Waals surface area contributed by atoms with Gasteiger partial charge >= 0.3 is 11.9 Å². The molecular weight excluding hydrogens is 877 g/mol. The van der Waals surface area contributed by atoms with Crippen LogP contribution in [0.4, 0.5) is 0 Å². The molecule has 0 bridgehead atoms. The van der Waals surface area contributed by atoms with Crippen molar-refractivity contribution in [2.24, 2.45) is 0 Å². The minimum Gasteiger partial charge on any atom is -0.462 e. The number of unbranched alkanes of at least 4 members (excludes halogenated alkanes) is 18. The van der Waals surface area contributed by atoms with E-state index >= 15 is 0 Å². The molecule has 4 unspecified atom stereocenters. The zero-order chi connectivity index (χ0) is 49.6. The molecule has 0 aromatic carbocycles. The van der Waals surface area contributed by atoms with Crippen LogP contribution in [0.5, 0.6) is 0 Å². The maximum Gasteiger partial charge on any atom is 0.306 e. The van der Waals surface area contributed by atoms with Gasteiger partial charge in [-0.05, 0) is 70.6 Å². The fraction of sp³-hybridized carbons (Fsp3) is 0.811. The zero-order valence-corrected chi connectivity index (χ0v) is 41.6. The van der Waals surface area contributed by atoms with Crippen molar-refractivity contribution in [2.45, 2.75) is 248 Å². The highest BCUT2D eigenvalue weighted by Gasteiger charge is 2.47. The van der Waals surface area contributed by atoms with Crippen LogP contribution in [0.2, 0.25) is 0 Å². The Labute approximate surface area is 408 Å². The number of allylic oxidation sites excluding steroid dienone is 8. The molecule has 7 N–H and O–H groups in total. The molecule has 2 fully saturated rings. The van der Waals surface area contributed by atoms with Gasteiger partial charge in [0.2, 0.25) is 0 Å². The van der Waals surface area contributed by atoms with Crippen LogP contribution in [0.1, 0.15) is 181 Å². The zero-order valence-electron chi connectivity index (χ0n) is 41.6. The normalized spacial score (nSPS) is 26.1. The average molecular weight is 969 g/mol. The molecule has 2 heterocycles. The molecule has 0 aliphatic carbocycles. The van der Waals surface area contributed by atoms with E-state index in [1.165, 1.54) is 70.6 Å². The number of hydrogen-bond donors (Lipinski definition) is 7. The number of aliphatic hydroxyl groups excluding tert-OH is 7. The van der Waals surface area contributed by atoms with Crippen molar-refractivity contribution < 1.29 is 73.8 Å². The molecule has 0 amide bonds. The van der Waals surface area contributed by atoms with Gasteiger partial charge in [0.05, 0.1) is 19.8 Å². The Hall–Kier alpha value is -2.54. The Morgan fingerprint density at radius 3 is 1.47 bits per heavy atom. The van der Waals surface area contributed by atoms with E-state index < -0.39 is 92.7 Å². The average Bonchev–Trinajstić information content (AvgIpc) is 3.33. The Kier molecular flexibility index (Phi) is 36.3. The van der Waals surface area contributed by atoms with Crippen molar-refractivity contribution in [3.63, 3.8) is 0 Å². The van der Waals surface area contributed by atoms with Crippen LogP contribution in [0, 0.1) is 0 Å². The molecule has 0 radical (unpaired) electrons. The molecule has 0 aromatic rings. The van der Waals surface area contributed by atoms with Gasteiger partial charge < -0.3 is 64.2 Å². The molecule has 11 atom stereocenters. The second-order valence-corrected chi connectivity index (χ2v) is 18.3. The number of hydrogen-bond acceptors (Lipinski definition) is 15. The fourth-order valence-corrected chi connectivity index (χ4v) is 7.99. The van der Waals surface area contributed by atoms with Gasteiger partial charge in [-0.15, -0.1) is 0 Å². The van der Waals surface area contributed by atoms with Crippen molar-refractivity contribution in [2.75, 3.05) is 26.4 Å². The largest absolute Gasteiger partial charge is 0.462 e. The van der Waals surface area contributed by atoms with Gasteiger partial charge in [-0.25, -0.2) is 0 Å². The SMILES string of the molecule is CC/C=C/C/C=C/C/C=C/CCCCCCCC(=O)O[C@@H](COC(=O)CCCCCCCCCCC/C=C/CCCCCC)CO[C@@H]1O[C@H](CO[C@@H]2O[C@H](CO)[C@H](O)C(O)C2O)[C@H](O)C(O)C1O. The van der Waals surface area contributed by atoms with E-state index in [2.05, 4.69) is 62.5 Å². The third-order valence-electron chi connectivity index (χ3n) is 12.3. The highest BCUT2D eigenvalue weighted by Crippen LogP contribution is 2.26. The van der Waals surface area contributed by atoms with Crippen LogP contribution in [0.15, 0.2) is 48.6 Å². The molecule has 2 saturated heterocycles. The van der Waals surface area contributed by atoms with Crippen LogP contribution >= 0.6 is 0 Å². The van der Waals surface area contributed by atoms with Gasteiger partial charge in [-0.3, -0.25) is 9.59 Å². The first-order chi connectivity index (χ1) is 33.0. The first-order valence-corrected chi connectivity index (χ1v) is 26.2. The van der Waals surface area contributed by atoms with E-state index in [1.54, 1.807) is 0 Å². The van der Waals surface area contributed by atoms with E-state index in [0.717, 1.165) is 70.6 Å². The van der Waals surface area contributed by atoms with E-state index in [1.807, 2.05) is 0 Å². The molecule has 0 saturated carbocycles. The van der Waals surface area contributed by atoms with E-state index in [0.29, 0.717) is 12.8 Å². The van der Waals surface area contributed by atoms with E-state index in [-0.39, 0.29) is 26.1 Å². The molecule has 15 heteroatoms. The molecular formula is C53H92O15. The molecule has 15 nitrogen and oxygen atoms in total. The predicted molar refractivity (Wildman–Crippen MR) is 261 cm³/mol. The molecule has 394 valence electrons. The summed E-state index contributed by atoms with van der Waals surface area (Å²) < 4.78 is 33.6. The van der Waals surface area contributed by atoms with E-state index in [4.69, 9.17) is 28.4 Å². The summed E-state index contributed by atoms with van der Waals surface area (Å²) >= 11 is 0. The van der Waals surface area contributed by atoms with Crippen molar-refractivity contribution in [1.29, 1.82) is 0 Å². The fourth-order valence-electron chi connectivity index (χ4n) is 7.99. The first kappa shape index (κ1) is 61.6. The summed E-state index contributed by atoms with van der Waals surface area (Å²) in [6.45, 7) is 2.45. The number of aliphatic hydroxyl groups is 7. The summed E-state index contributed by atoms with van der Waals surface area (Å²) in [6, 6.07) is 0. The number of carbonyl (C=O) groups excluding carboxylic acids is 2. The number of esters is 2. The summed E-state index contributed by atoms with van der Waals surface area (Å²) in [7, 11) is 0. The van der Waals surface area contributed by atoms with Crippen molar-refractivity contribution in [3.05, 3.63) is 48.6 Å². The lowest BCUT2D eigenvalue weighted by atomic mass is 9.98. The molecule has 2 rings (SSSR count). The standard InChI is InChI=1S/C53H92O15/c1-3-5-7-9-11-13-15-17-19-20-22-23-25-27-29-31-33-35-44(55)63-38-41(66-45(56)36-34-32-30-28-26-24-21-18-16-14-12-10-8-6-4-2)39-64-52-51(62)49(60)47(58)43(68-52)40-65-53-50(61)48(59)46(57)42(37-54)67-53/h6,8,12-15,18,21,41-43,46-54,57-62H,3-5,7,9-11,16-17,19-20,22-40H2,1-2H3/b8-6+,14-12+,15-13+,21-18+/t41-,42+,43+,46-,47-,48?,49?,50?,51?,52+,53+/m0/s1. The topological polar surface area (TPSA) is 231 Å². The quantitative estimate of drug-likeness (QED) is 0.0179. The highest BCUT2D eigenvalue weighted by atomic mass is 16.7. The molecule has 2 aliphatic heterocycles. The number of rotatable bonds is 40. The Morgan fingerprint density at radius 2 is 0.926 bits per heavy atom. The lowest BCUT2D eigenvalue weighted by molar-refractivity contribution is -0.332. The van der Waals surface area contributed by atoms with Crippen molar-refractivity contribution in [1.82, 2.24) is 0 Å². The summed E-state index contributed by atoms with van der Waals surface area (Å²) in [6.07, 6.45) is 27.1. The summed E-state index contributed by atoms with van der Waals surface area (Å²) in [5.41, 5.74) is 0. The second kappa shape index (κ2) is 40.1. The van der Waals surface area contributed by atoms with Gasteiger partial charge in [0, 0.05) is 12.8 Å². The maximum absolute atomic E-state index is 13.0. The second-order valence-electron chi connectivity index (χ2n) is 18.3. The Bertz CT molecular complexity index is 1370. The van der Waals surface area contributed by atoms with Crippen LogP contribution < -0.4 is 0 Å². The monoisotopic (exact) mass is 969 g/mol. The lowest BCUT2D eigenvalue weighted by Crippen LogP contribution is -2.61. The highest BCUT2D eigenvalue weighted by molar-refractivity contribution is 5.70. The third kappa shape index (κ3) is 27.7. The van der Waals surface area contributed by atoms with Gasteiger partial charge in [0.1, 0.15) is 55.4 Å². The number of ether oxygens (including phenoxy) is 6. The van der Waals surface area contributed by atoms with Gasteiger partial charge in [-0.2, -0.15) is 0 Å². The summed E-state index contributed by atoms with van der Waals surface area (Å²) in [5.74, 6) is -0.947. The smallest absolute Gasteiger partial charge is 0.306 e. The Balaban J connectivity index is 1.80. The van der Waals surface area contributed by atoms with Crippen LogP contribution in [0.3, 0.4) is 0 Å². The third-order valence-corrected chi connectivity index (χ3v) is 12.3. The predicted octanol–water partition coefficient (Wildman–Crippen LogP) is 7.49. The maximum atomic E-state index is 13.0. The first-order valence-electron chi connectivity index (χ1n) is 26.2. The molecule has 68 heavy (non-hydrogen) atoms. The lowest BCUT2D eigenvalue weighted by Gasteiger charge is -2.42.